The molecule has 2 aromatic heterocycles. The minimum absolute atomic E-state index is 0.243. The van der Waals surface area contributed by atoms with Crippen LogP contribution in [0.4, 0.5) is 5.95 Å². The summed E-state index contributed by atoms with van der Waals surface area (Å²) < 4.78 is 5.43. The van der Waals surface area contributed by atoms with Gasteiger partial charge in [0.05, 0.1) is 30.5 Å². The topological polar surface area (TPSA) is 93.0 Å². The molecular weight excluding hydrogens is 304 g/mol. The van der Waals surface area contributed by atoms with Crippen molar-refractivity contribution < 1.29 is 4.74 Å². The van der Waals surface area contributed by atoms with Crippen molar-refractivity contribution in [2.75, 3.05) is 32.0 Å². The van der Waals surface area contributed by atoms with E-state index in [0.717, 1.165) is 42.9 Å². The van der Waals surface area contributed by atoms with E-state index in [1.54, 1.807) is 6.20 Å². The fraction of sp³-hybridized carbons (Fsp3) is 0.353. The molecule has 1 aromatic carbocycles. The third-order valence-electron chi connectivity index (χ3n) is 4.59. The molecule has 3 aromatic rings. The predicted octanol–water partition coefficient (Wildman–Crippen LogP) is 2.00. The van der Waals surface area contributed by atoms with E-state index in [1.165, 1.54) is 5.56 Å². The highest BCUT2D eigenvalue weighted by molar-refractivity contribution is 5.90. The Labute approximate surface area is 139 Å². The standard InChI is InChI=1S/C17H20N6O/c1-11(23-6-8-24-9-7-23)12-2-4-13(5-3-12)15-14-10-19-22-16(14)21-17(18)20-15/h2-5,10-11H,6-9H2,1H3,(H3,18,19,20,21,22)/t11-/m1/s1. The SMILES string of the molecule is C[C@H](c1ccc(-c2nc(N)nc3[nH]ncc23)cc1)N1CCOCC1. The van der Waals surface area contributed by atoms with Gasteiger partial charge < -0.3 is 10.5 Å². The number of nitrogens with two attached hydrogens (primary N) is 1. The average Bonchev–Trinajstić information content (AvgIpc) is 3.09. The van der Waals surface area contributed by atoms with Crippen molar-refractivity contribution in [2.24, 2.45) is 0 Å². The largest absolute Gasteiger partial charge is 0.379 e. The Morgan fingerprint density at radius 3 is 2.67 bits per heavy atom. The van der Waals surface area contributed by atoms with E-state index < -0.39 is 0 Å². The lowest BCUT2D eigenvalue weighted by molar-refractivity contribution is 0.0198. The van der Waals surface area contributed by atoms with Crippen LogP contribution in [0, 0.1) is 0 Å². The molecule has 24 heavy (non-hydrogen) atoms. The molecule has 3 heterocycles. The third kappa shape index (κ3) is 2.72. The summed E-state index contributed by atoms with van der Waals surface area (Å²) in [5.74, 6) is 0.243. The molecule has 0 saturated carbocycles. The van der Waals surface area contributed by atoms with Crippen LogP contribution in [-0.4, -0.2) is 51.4 Å². The monoisotopic (exact) mass is 324 g/mol. The molecule has 0 amide bonds. The van der Waals surface area contributed by atoms with Crippen LogP contribution >= 0.6 is 0 Å². The fourth-order valence-corrected chi connectivity index (χ4v) is 3.17. The highest BCUT2D eigenvalue weighted by Crippen LogP contribution is 2.28. The molecule has 1 atom stereocenters. The molecule has 0 bridgehead atoms. The number of hydrogen-bond acceptors (Lipinski definition) is 6. The zero-order chi connectivity index (χ0) is 16.5. The summed E-state index contributed by atoms with van der Waals surface area (Å²) in [6.07, 6.45) is 1.73. The summed E-state index contributed by atoms with van der Waals surface area (Å²) >= 11 is 0. The molecule has 0 aliphatic carbocycles. The van der Waals surface area contributed by atoms with Crippen LogP contribution in [0.2, 0.25) is 0 Å². The quantitative estimate of drug-likeness (QED) is 0.765. The Balaban J connectivity index is 1.64. The Hall–Kier alpha value is -2.51. The lowest BCUT2D eigenvalue weighted by Crippen LogP contribution is -2.37. The van der Waals surface area contributed by atoms with Gasteiger partial charge >= 0.3 is 0 Å². The zero-order valence-corrected chi connectivity index (χ0v) is 13.6. The van der Waals surface area contributed by atoms with Crippen LogP contribution < -0.4 is 5.73 Å². The van der Waals surface area contributed by atoms with E-state index in [-0.39, 0.29) is 5.95 Å². The number of H-pyrrole nitrogens is 1. The second kappa shape index (κ2) is 6.18. The molecule has 0 spiro atoms. The van der Waals surface area contributed by atoms with Crippen LogP contribution in [-0.2, 0) is 4.74 Å². The van der Waals surface area contributed by atoms with Crippen LogP contribution in [0.15, 0.2) is 30.5 Å². The molecule has 7 heteroatoms. The summed E-state index contributed by atoms with van der Waals surface area (Å²) in [4.78, 5) is 11.0. The minimum atomic E-state index is 0.243. The number of ether oxygens (including phenoxy) is 1. The molecule has 0 unspecified atom stereocenters. The summed E-state index contributed by atoms with van der Waals surface area (Å²) in [6, 6.07) is 8.84. The first-order valence-electron chi connectivity index (χ1n) is 8.11. The zero-order valence-electron chi connectivity index (χ0n) is 13.6. The van der Waals surface area contributed by atoms with Crippen LogP contribution in [0.1, 0.15) is 18.5 Å². The van der Waals surface area contributed by atoms with Crippen molar-refractivity contribution in [3.63, 3.8) is 0 Å². The smallest absolute Gasteiger partial charge is 0.222 e. The van der Waals surface area contributed by atoms with Crippen molar-refractivity contribution in [1.82, 2.24) is 25.1 Å². The van der Waals surface area contributed by atoms with Gasteiger partial charge in [-0.05, 0) is 12.5 Å². The van der Waals surface area contributed by atoms with Crippen molar-refractivity contribution >= 4 is 17.0 Å². The van der Waals surface area contributed by atoms with Gasteiger partial charge in [0.15, 0.2) is 5.65 Å². The van der Waals surface area contributed by atoms with Gasteiger partial charge in [-0.15, -0.1) is 0 Å². The van der Waals surface area contributed by atoms with Crippen LogP contribution in [0.5, 0.6) is 0 Å². The summed E-state index contributed by atoms with van der Waals surface area (Å²) in [5, 5.41) is 7.75. The first-order valence-corrected chi connectivity index (χ1v) is 8.11. The number of fused-ring (bicyclic) bond motifs is 1. The Bertz CT molecular complexity index is 838. The van der Waals surface area contributed by atoms with Gasteiger partial charge in [-0.2, -0.15) is 10.1 Å². The molecule has 1 aliphatic rings. The Morgan fingerprint density at radius 1 is 1.17 bits per heavy atom. The lowest BCUT2D eigenvalue weighted by atomic mass is 10.0. The highest BCUT2D eigenvalue weighted by Gasteiger charge is 2.18. The summed E-state index contributed by atoms with van der Waals surface area (Å²) in [6.45, 7) is 5.79. The van der Waals surface area contributed by atoms with Crippen LogP contribution in [0.3, 0.4) is 0 Å². The van der Waals surface area contributed by atoms with Gasteiger partial charge in [-0.25, -0.2) is 4.98 Å². The van der Waals surface area contributed by atoms with Gasteiger partial charge in [-0.1, -0.05) is 24.3 Å². The molecule has 1 fully saturated rings. The Morgan fingerprint density at radius 2 is 1.92 bits per heavy atom. The summed E-state index contributed by atoms with van der Waals surface area (Å²) in [7, 11) is 0. The van der Waals surface area contributed by atoms with Crippen molar-refractivity contribution in [3.05, 3.63) is 36.0 Å². The Kier molecular flexibility index (Phi) is 3.87. The predicted molar refractivity (Wildman–Crippen MR) is 92.3 cm³/mol. The number of aromatic nitrogens is 4. The van der Waals surface area contributed by atoms with E-state index in [4.69, 9.17) is 10.5 Å². The van der Waals surface area contributed by atoms with Crippen molar-refractivity contribution in [1.29, 1.82) is 0 Å². The number of hydrogen-bond donors (Lipinski definition) is 2. The second-order valence-electron chi connectivity index (χ2n) is 6.01. The highest BCUT2D eigenvalue weighted by atomic mass is 16.5. The molecule has 124 valence electrons. The number of morpholine rings is 1. The number of nitrogens with zero attached hydrogens (tertiary/aromatic N) is 4. The minimum Gasteiger partial charge on any atom is -0.379 e. The van der Waals surface area contributed by atoms with E-state index in [0.29, 0.717) is 11.7 Å². The van der Waals surface area contributed by atoms with Gasteiger partial charge in [-0.3, -0.25) is 10.00 Å². The number of aromatic amines is 1. The molecule has 1 saturated heterocycles. The molecular formula is C17H20N6O. The van der Waals surface area contributed by atoms with E-state index in [1.807, 2.05) is 0 Å². The van der Waals surface area contributed by atoms with Gasteiger partial charge in [0, 0.05) is 24.7 Å². The van der Waals surface area contributed by atoms with Gasteiger partial charge in [0.2, 0.25) is 5.95 Å². The first kappa shape index (κ1) is 15.0. The average molecular weight is 324 g/mol. The molecule has 1 aliphatic heterocycles. The molecule has 4 rings (SSSR count). The number of anilines is 1. The maximum atomic E-state index is 5.81. The maximum Gasteiger partial charge on any atom is 0.222 e. The van der Waals surface area contributed by atoms with Crippen LogP contribution in [0.25, 0.3) is 22.3 Å². The van der Waals surface area contributed by atoms with Crippen molar-refractivity contribution in [2.45, 2.75) is 13.0 Å². The number of nitrogens with one attached hydrogen (secondary N) is 1. The van der Waals surface area contributed by atoms with Gasteiger partial charge in [0.1, 0.15) is 0 Å². The van der Waals surface area contributed by atoms with Gasteiger partial charge in [0.25, 0.3) is 0 Å². The van der Waals surface area contributed by atoms with E-state index in [2.05, 4.69) is 56.3 Å². The number of rotatable bonds is 3. The fourth-order valence-electron chi connectivity index (χ4n) is 3.17. The molecule has 3 N–H and O–H groups in total. The normalized spacial score (nSPS) is 17.2. The van der Waals surface area contributed by atoms with E-state index in [9.17, 15) is 0 Å². The lowest BCUT2D eigenvalue weighted by Gasteiger charge is -2.32. The van der Waals surface area contributed by atoms with Crippen molar-refractivity contribution in [3.8, 4) is 11.3 Å². The van der Waals surface area contributed by atoms with E-state index >= 15 is 0 Å². The second-order valence-corrected chi connectivity index (χ2v) is 6.01. The molecule has 7 nitrogen and oxygen atoms in total. The number of nitrogen functional groups attached to an aromatic ring is 1. The molecule has 0 radical (unpaired) electrons. The third-order valence-corrected chi connectivity index (χ3v) is 4.59. The summed E-state index contributed by atoms with van der Waals surface area (Å²) in [5.41, 5.74) is 9.56. The maximum absolute atomic E-state index is 5.81. The first-order chi connectivity index (χ1) is 11.7. The number of benzene rings is 1.